The van der Waals surface area contributed by atoms with Crippen molar-refractivity contribution < 1.29 is 9.18 Å². The molecule has 0 atom stereocenters. The molecule has 3 nitrogen and oxygen atoms in total. The van der Waals surface area contributed by atoms with E-state index < -0.39 is 0 Å². The van der Waals surface area contributed by atoms with Crippen LogP contribution in [0.4, 0.5) is 4.39 Å². The third-order valence-corrected chi connectivity index (χ3v) is 6.35. The molecule has 1 aromatic carbocycles. The van der Waals surface area contributed by atoms with Crippen molar-refractivity contribution in [3.8, 4) is 0 Å². The SMILES string of the molecule is O=C(CCc1ccccc1F)NCC1(N2CCSCC2)CCCC1. The molecule has 2 fully saturated rings. The van der Waals surface area contributed by atoms with Gasteiger partial charge in [0.2, 0.25) is 5.91 Å². The number of nitrogens with one attached hydrogen (secondary N) is 1. The third-order valence-electron chi connectivity index (χ3n) is 5.41. The van der Waals surface area contributed by atoms with E-state index in [4.69, 9.17) is 0 Å². The van der Waals surface area contributed by atoms with Crippen LogP contribution in [-0.4, -0.2) is 47.5 Å². The first-order valence-electron chi connectivity index (χ1n) is 9.03. The van der Waals surface area contributed by atoms with Crippen LogP contribution in [0.5, 0.6) is 0 Å². The zero-order chi connectivity index (χ0) is 16.8. The minimum Gasteiger partial charge on any atom is -0.354 e. The van der Waals surface area contributed by atoms with Gasteiger partial charge in [0.05, 0.1) is 0 Å². The average Bonchev–Trinajstić information content (AvgIpc) is 3.10. The smallest absolute Gasteiger partial charge is 0.220 e. The van der Waals surface area contributed by atoms with Gasteiger partial charge in [0.1, 0.15) is 5.82 Å². The van der Waals surface area contributed by atoms with E-state index in [1.54, 1.807) is 12.1 Å². The van der Waals surface area contributed by atoms with Crippen LogP contribution in [-0.2, 0) is 11.2 Å². The zero-order valence-corrected chi connectivity index (χ0v) is 15.0. The summed E-state index contributed by atoms with van der Waals surface area (Å²) in [6.45, 7) is 3.01. The van der Waals surface area contributed by atoms with E-state index in [-0.39, 0.29) is 17.3 Å². The molecule has 1 aliphatic heterocycles. The van der Waals surface area contributed by atoms with Crippen LogP contribution in [0.15, 0.2) is 24.3 Å². The van der Waals surface area contributed by atoms with Gasteiger partial charge >= 0.3 is 0 Å². The first-order chi connectivity index (χ1) is 11.7. The summed E-state index contributed by atoms with van der Waals surface area (Å²) in [6.07, 6.45) is 5.71. The summed E-state index contributed by atoms with van der Waals surface area (Å²) < 4.78 is 13.6. The number of carbonyl (C=O) groups is 1. The van der Waals surface area contributed by atoms with Crippen LogP contribution in [0.25, 0.3) is 0 Å². The van der Waals surface area contributed by atoms with Gasteiger partial charge in [-0.05, 0) is 30.9 Å². The Bertz CT molecular complexity index is 554. The maximum Gasteiger partial charge on any atom is 0.220 e. The van der Waals surface area contributed by atoms with Crippen LogP contribution in [0.1, 0.15) is 37.7 Å². The van der Waals surface area contributed by atoms with Crippen LogP contribution in [0.3, 0.4) is 0 Å². The molecule has 132 valence electrons. The van der Waals surface area contributed by atoms with E-state index in [1.165, 1.54) is 43.3 Å². The molecule has 1 aromatic rings. The molecule has 0 bridgehead atoms. The third kappa shape index (κ3) is 4.31. The van der Waals surface area contributed by atoms with Gasteiger partial charge < -0.3 is 5.32 Å². The second-order valence-corrected chi connectivity index (χ2v) is 8.12. The fraction of sp³-hybridized carbons (Fsp3) is 0.632. The van der Waals surface area contributed by atoms with Crippen molar-refractivity contribution >= 4 is 17.7 Å². The fourth-order valence-electron chi connectivity index (χ4n) is 3.98. The van der Waals surface area contributed by atoms with Gasteiger partial charge in [-0.2, -0.15) is 11.8 Å². The van der Waals surface area contributed by atoms with E-state index in [0.29, 0.717) is 18.4 Å². The lowest BCUT2D eigenvalue weighted by molar-refractivity contribution is -0.121. The number of aryl methyl sites for hydroxylation is 1. The van der Waals surface area contributed by atoms with Gasteiger partial charge in [-0.3, -0.25) is 9.69 Å². The standard InChI is InChI=1S/C19H27FN2OS/c20-17-6-2-1-5-16(17)7-8-18(23)21-15-19(9-3-4-10-19)22-11-13-24-14-12-22/h1-2,5-6H,3-4,7-15H2,(H,21,23). The molecule has 3 rings (SSSR count). The van der Waals surface area contributed by atoms with Gasteiger partial charge in [-0.1, -0.05) is 31.0 Å². The summed E-state index contributed by atoms with van der Waals surface area (Å²) in [7, 11) is 0. The molecule has 5 heteroatoms. The number of rotatable bonds is 6. The summed E-state index contributed by atoms with van der Waals surface area (Å²) in [5, 5.41) is 3.14. The molecule has 1 N–H and O–H groups in total. The summed E-state index contributed by atoms with van der Waals surface area (Å²) in [5.41, 5.74) is 0.783. The molecule has 2 aliphatic rings. The Morgan fingerprint density at radius 2 is 1.92 bits per heavy atom. The number of benzene rings is 1. The molecule has 0 aromatic heterocycles. The maximum absolute atomic E-state index is 13.6. The minimum absolute atomic E-state index is 0.0379. The van der Waals surface area contributed by atoms with Crippen molar-refractivity contribution in [2.75, 3.05) is 31.1 Å². The Kier molecular flexibility index (Phi) is 6.17. The number of hydrogen-bond donors (Lipinski definition) is 1. The highest BCUT2D eigenvalue weighted by molar-refractivity contribution is 7.99. The summed E-state index contributed by atoms with van der Waals surface area (Å²) in [5.74, 6) is 2.21. The van der Waals surface area contributed by atoms with Crippen molar-refractivity contribution in [1.82, 2.24) is 10.2 Å². The van der Waals surface area contributed by atoms with Crippen molar-refractivity contribution in [3.63, 3.8) is 0 Å². The van der Waals surface area contributed by atoms with E-state index in [1.807, 2.05) is 17.8 Å². The minimum atomic E-state index is -0.219. The molecule has 1 saturated heterocycles. The lowest BCUT2D eigenvalue weighted by Crippen LogP contribution is -2.56. The number of halogens is 1. The van der Waals surface area contributed by atoms with Crippen LogP contribution in [0.2, 0.25) is 0 Å². The normalized spacial score (nSPS) is 20.9. The molecular formula is C19H27FN2OS. The number of amides is 1. The molecule has 24 heavy (non-hydrogen) atoms. The Balaban J connectivity index is 1.51. The largest absolute Gasteiger partial charge is 0.354 e. The topological polar surface area (TPSA) is 32.3 Å². The first-order valence-corrected chi connectivity index (χ1v) is 10.2. The molecule has 1 amide bonds. The number of thioether (sulfide) groups is 1. The van der Waals surface area contributed by atoms with Crippen LogP contribution < -0.4 is 5.32 Å². The lowest BCUT2D eigenvalue weighted by atomic mass is 9.94. The maximum atomic E-state index is 13.6. The average molecular weight is 351 g/mol. The Morgan fingerprint density at radius 3 is 2.62 bits per heavy atom. The quantitative estimate of drug-likeness (QED) is 0.855. The van der Waals surface area contributed by atoms with E-state index in [2.05, 4.69) is 10.2 Å². The lowest BCUT2D eigenvalue weighted by Gasteiger charge is -2.43. The Labute approximate surface area is 148 Å². The second-order valence-electron chi connectivity index (χ2n) is 6.90. The van der Waals surface area contributed by atoms with Crippen LogP contribution in [0, 0.1) is 5.82 Å². The summed E-state index contributed by atoms with van der Waals surface area (Å²) in [6, 6.07) is 6.71. The predicted molar refractivity (Wildman–Crippen MR) is 97.8 cm³/mol. The first kappa shape index (κ1) is 17.7. The van der Waals surface area contributed by atoms with Gasteiger partial charge in [0.25, 0.3) is 0 Å². The Morgan fingerprint density at radius 1 is 1.21 bits per heavy atom. The van der Waals surface area contributed by atoms with Gasteiger partial charge in [0, 0.05) is 43.1 Å². The van der Waals surface area contributed by atoms with Gasteiger partial charge in [-0.25, -0.2) is 4.39 Å². The Hall–Kier alpha value is -1.07. The molecule has 1 heterocycles. The molecular weight excluding hydrogens is 323 g/mol. The summed E-state index contributed by atoms with van der Waals surface area (Å²) in [4.78, 5) is 14.9. The van der Waals surface area contributed by atoms with E-state index in [9.17, 15) is 9.18 Å². The number of carbonyl (C=O) groups excluding carboxylic acids is 1. The molecule has 1 aliphatic carbocycles. The number of hydrogen-bond acceptors (Lipinski definition) is 3. The van der Waals surface area contributed by atoms with Crippen LogP contribution >= 0.6 is 11.8 Å². The van der Waals surface area contributed by atoms with Crippen molar-refractivity contribution in [1.29, 1.82) is 0 Å². The second kappa shape index (κ2) is 8.34. The highest BCUT2D eigenvalue weighted by Gasteiger charge is 2.40. The molecule has 0 unspecified atom stereocenters. The fourth-order valence-corrected chi connectivity index (χ4v) is 4.88. The van der Waals surface area contributed by atoms with Crippen molar-refractivity contribution in [2.24, 2.45) is 0 Å². The molecule has 1 saturated carbocycles. The highest BCUT2D eigenvalue weighted by atomic mass is 32.2. The molecule has 0 spiro atoms. The van der Waals surface area contributed by atoms with Crippen molar-refractivity contribution in [3.05, 3.63) is 35.6 Å². The molecule has 0 radical (unpaired) electrons. The van der Waals surface area contributed by atoms with Gasteiger partial charge in [-0.15, -0.1) is 0 Å². The number of nitrogens with zero attached hydrogens (tertiary/aromatic N) is 1. The monoisotopic (exact) mass is 350 g/mol. The predicted octanol–water partition coefficient (Wildman–Crippen LogP) is 3.24. The van der Waals surface area contributed by atoms with E-state index in [0.717, 1.165) is 19.6 Å². The highest BCUT2D eigenvalue weighted by Crippen LogP contribution is 2.36. The zero-order valence-electron chi connectivity index (χ0n) is 14.2. The summed E-state index contributed by atoms with van der Waals surface area (Å²) >= 11 is 2.02. The van der Waals surface area contributed by atoms with Crippen molar-refractivity contribution in [2.45, 2.75) is 44.1 Å². The van der Waals surface area contributed by atoms with Gasteiger partial charge in [0.15, 0.2) is 0 Å². The van der Waals surface area contributed by atoms with E-state index >= 15 is 0 Å².